The van der Waals surface area contributed by atoms with Crippen molar-refractivity contribution in [3.63, 3.8) is 0 Å². The standard InChI is InChI=1S/C16H10BrFO/c17-13-6-5-11(15(18)9-13)8-12-7-10-3-1-2-4-14(10)16(12)19/h1-6,8-9H,7H2. The largest absolute Gasteiger partial charge is 0.289 e. The van der Waals surface area contributed by atoms with Crippen LogP contribution >= 0.6 is 15.9 Å². The molecule has 0 amide bonds. The lowest BCUT2D eigenvalue weighted by Gasteiger charge is -2.00. The van der Waals surface area contributed by atoms with Crippen LogP contribution in [0.1, 0.15) is 21.5 Å². The number of carbonyl (C=O) groups excluding carboxylic acids is 1. The molecule has 1 nitrogen and oxygen atoms in total. The Morgan fingerprint density at radius 3 is 2.68 bits per heavy atom. The summed E-state index contributed by atoms with van der Waals surface area (Å²) in [5, 5.41) is 0. The third kappa shape index (κ3) is 2.26. The van der Waals surface area contributed by atoms with Gasteiger partial charge < -0.3 is 0 Å². The molecular formula is C16H10BrFO. The number of ketones is 1. The fourth-order valence-corrected chi connectivity index (χ4v) is 2.61. The first-order valence-electron chi connectivity index (χ1n) is 5.93. The average molecular weight is 317 g/mol. The van der Waals surface area contributed by atoms with Crippen LogP contribution in [0, 0.1) is 5.82 Å². The minimum atomic E-state index is -0.328. The lowest BCUT2D eigenvalue weighted by molar-refractivity contribution is 0.104. The highest BCUT2D eigenvalue weighted by molar-refractivity contribution is 9.10. The summed E-state index contributed by atoms with van der Waals surface area (Å²) in [5.74, 6) is -0.330. The van der Waals surface area contributed by atoms with E-state index in [1.54, 1.807) is 18.2 Å². The van der Waals surface area contributed by atoms with Crippen LogP contribution in [0.3, 0.4) is 0 Å². The molecule has 1 aliphatic carbocycles. The number of fused-ring (bicyclic) bond motifs is 1. The lowest BCUT2D eigenvalue weighted by atomic mass is 10.1. The first-order valence-corrected chi connectivity index (χ1v) is 6.72. The molecule has 0 aliphatic heterocycles. The van der Waals surface area contributed by atoms with Crippen LogP contribution in [0.4, 0.5) is 4.39 Å². The fourth-order valence-electron chi connectivity index (χ4n) is 2.28. The van der Waals surface area contributed by atoms with Crippen molar-refractivity contribution in [2.45, 2.75) is 6.42 Å². The summed E-state index contributed by atoms with van der Waals surface area (Å²) >= 11 is 3.22. The van der Waals surface area contributed by atoms with Gasteiger partial charge in [-0.2, -0.15) is 0 Å². The van der Waals surface area contributed by atoms with Crippen LogP contribution in [0.2, 0.25) is 0 Å². The summed E-state index contributed by atoms with van der Waals surface area (Å²) in [6.07, 6.45) is 2.22. The van der Waals surface area contributed by atoms with Crippen LogP contribution in [-0.4, -0.2) is 5.78 Å². The number of benzene rings is 2. The Hall–Kier alpha value is -1.74. The molecule has 0 fully saturated rings. The highest BCUT2D eigenvalue weighted by atomic mass is 79.9. The molecule has 2 aromatic rings. The van der Waals surface area contributed by atoms with Gasteiger partial charge in [0.1, 0.15) is 5.82 Å². The molecule has 0 saturated carbocycles. The molecule has 3 rings (SSSR count). The van der Waals surface area contributed by atoms with E-state index in [2.05, 4.69) is 15.9 Å². The molecule has 1 aliphatic rings. The van der Waals surface area contributed by atoms with Crippen LogP contribution < -0.4 is 0 Å². The summed E-state index contributed by atoms with van der Waals surface area (Å²) in [7, 11) is 0. The normalized spacial score (nSPS) is 15.9. The summed E-state index contributed by atoms with van der Waals surface area (Å²) in [4.78, 5) is 12.2. The van der Waals surface area contributed by atoms with E-state index in [4.69, 9.17) is 0 Å². The maximum Gasteiger partial charge on any atom is 0.189 e. The molecule has 0 saturated heterocycles. The van der Waals surface area contributed by atoms with Crippen molar-refractivity contribution in [3.05, 3.63) is 75.0 Å². The van der Waals surface area contributed by atoms with Crippen molar-refractivity contribution >= 4 is 27.8 Å². The summed E-state index contributed by atoms with van der Waals surface area (Å²) in [6.45, 7) is 0. The van der Waals surface area contributed by atoms with Gasteiger partial charge in [0.05, 0.1) is 0 Å². The summed E-state index contributed by atoms with van der Waals surface area (Å²) in [6, 6.07) is 12.3. The molecule has 0 bridgehead atoms. The molecule has 19 heavy (non-hydrogen) atoms. The second-order valence-corrected chi connectivity index (χ2v) is 5.41. The van der Waals surface area contributed by atoms with E-state index in [0.29, 0.717) is 22.0 Å². The van der Waals surface area contributed by atoms with Crippen molar-refractivity contribution in [1.82, 2.24) is 0 Å². The predicted molar refractivity (Wildman–Crippen MR) is 76.6 cm³/mol. The van der Waals surface area contributed by atoms with Crippen LogP contribution in [0.5, 0.6) is 0 Å². The van der Waals surface area contributed by atoms with Crippen molar-refractivity contribution in [1.29, 1.82) is 0 Å². The zero-order chi connectivity index (χ0) is 13.4. The van der Waals surface area contributed by atoms with Gasteiger partial charge >= 0.3 is 0 Å². The van der Waals surface area contributed by atoms with Gasteiger partial charge in [-0.3, -0.25) is 4.79 Å². The average Bonchev–Trinajstić information content (AvgIpc) is 2.70. The second kappa shape index (κ2) is 4.74. The molecule has 94 valence electrons. The van der Waals surface area contributed by atoms with Gasteiger partial charge in [-0.1, -0.05) is 46.3 Å². The Kier molecular flexibility index (Phi) is 3.07. The maximum atomic E-state index is 13.8. The third-order valence-electron chi connectivity index (χ3n) is 3.23. The van der Waals surface area contributed by atoms with Crippen molar-refractivity contribution < 1.29 is 9.18 Å². The third-order valence-corrected chi connectivity index (χ3v) is 3.72. The van der Waals surface area contributed by atoms with Gasteiger partial charge in [0.25, 0.3) is 0 Å². The Balaban J connectivity index is 2.01. The first-order chi connectivity index (χ1) is 9.15. The molecule has 0 heterocycles. The van der Waals surface area contributed by atoms with Crippen molar-refractivity contribution in [2.75, 3.05) is 0 Å². The quantitative estimate of drug-likeness (QED) is 0.712. The zero-order valence-electron chi connectivity index (χ0n) is 9.99. The summed E-state index contributed by atoms with van der Waals surface area (Å²) < 4.78 is 14.5. The maximum absolute atomic E-state index is 13.8. The fraction of sp³-hybridized carbons (Fsp3) is 0.0625. The number of carbonyl (C=O) groups is 1. The van der Waals surface area contributed by atoms with E-state index in [9.17, 15) is 9.18 Å². The monoisotopic (exact) mass is 316 g/mol. The minimum absolute atomic E-state index is 0.00193. The highest BCUT2D eigenvalue weighted by Crippen LogP contribution is 2.28. The smallest absolute Gasteiger partial charge is 0.189 e. The highest BCUT2D eigenvalue weighted by Gasteiger charge is 2.24. The Labute approximate surface area is 118 Å². The predicted octanol–water partition coefficient (Wildman–Crippen LogP) is 4.41. The Bertz CT molecular complexity index is 704. The number of Topliss-reactive ketones (excluding diaryl/α,β-unsaturated/α-hetero) is 1. The van der Waals surface area contributed by atoms with Crippen LogP contribution in [0.15, 0.2) is 52.5 Å². The van der Waals surface area contributed by atoms with Crippen LogP contribution in [0.25, 0.3) is 6.08 Å². The summed E-state index contributed by atoms with van der Waals surface area (Å²) in [5.41, 5.74) is 2.82. The first kappa shape index (κ1) is 12.3. The number of hydrogen-bond acceptors (Lipinski definition) is 1. The van der Waals surface area contributed by atoms with E-state index in [0.717, 1.165) is 11.1 Å². The number of rotatable bonds is 1. The van der Waals surface area contributed by atoms with E-state index >= 15 is 0 Å². The van der Waals surface area contributed by atoms with Gasteiger partial charge in [-0.25, -0.2) is 4.39 Å². The van der Waals surface area contributed by atoms with Crippen LogP contribution in [-0.2, 0) is 6.42 Å². The van der Waals surface area contributed by atoms with E-state index in [1.807, 2.05) is 24.3 Å². The van der Waals surface area contributed by atoms with Crippen molar-refractivity contribution in [3.8, 4) is 0 Å². The van der Waals surface area contributed by atoms with E-state index in [-0.39, 0.29) is 11.6 Å². The number of halogens is 2. The number of hydrogen-bond donors (Lipinski definition) is 0. The molecule has 0 unspecified atom stereocenters. The van der Waals surface area contributed by atoms with Gasteiger partial charge in [-0.05, 0) is 23.8 Å². The topological polar surface area (TPSA) is 17.1 Å². The van der Waals surface area contributed by atoms with Gasteiger partial charge in [0.15, 0.2) is 5.78 Å². The second-order valence-electron chi connectivity index (χ2n) is 4.50. The minimum Gasteiger partial charge on any atom is -0.289 e. The molecule has 0 radical (unpaired) electrons. The lowest BCUT2D eigenvalue weighted by Crippen LogP contribution is -1.95. The Morgan fingerprint density at radius 2 is 1.95 bits per heavy atom. The molecule has 3 heteroatoms. The van der Waals surface area contributed by atoms with Crippen molar-refractivity contribution in [2.24, 2.45) is 0 Å². The molecule has 2 aromatic carbocycles. The van der Waals surface area contributed by atoms with E-state index < -0.39 is 0 Å². The molecule has 0 atom stereocenters. The van der Waals surface area contributed by atoms with Gasteiger partial charge in [0, 0.05) is 27.6 Å². The Morgan fingerprint density at radius 1 is 1.16 bits per heavy atom. The SMILES string of the molecule is O=C1C(=Cc2ccc(Br)cc2F)Cc2ccccc21. The zero-order valence-corrected chi connectivity index (χ0v) is 11.6. The molecular weight excluding hydrogens is 307 g/mol. The van der Waals surface area contributed by atoms with Gasteiger partial charge in [-0.15, -0.1) is 0 Å². The molecule has 0 spiro atoms. The molecule has 0 aromatic heterocycles. The molecule has 0 N–H and O–H groups in total. The van der Waals surface area contributed by atoms with Gasteiger partial charge in [0.2, 0.25) is 0 Å². The van der Waals surface area contributed by atoms with E-state index in [1.165, 1.54) is 6.07 Å². The number of allylic oxidation sites excluding steroid dienone is 1.